The van der Waals surface area contributed by atoms with Gasteiger partial charge >= 0.3 is 5.97 Å². The SMILES string of the molecule is COC(=O)[C@H](CCl)NC(=O)Cc1ccccc1. The van der Waals surface area contributed by atoms with E-state index in [1.54, 1.807) is 0 Å². The van der Waals surface area contributed by atoms with Crippen LogP contribution in [0, 0.1) is 0 Å². The molecule has 5 heteroatoms. The number of amides is 1. The van der Waals surface area contributed by atoms with Crippen LogP contribution < -0.4 is 5.32 Å². The van der Waals surface area contributed by atoms with Crippen LogP contribution in [0.3, 0.4) is 0 Å². The number of benzene rings is 1. The number of ether oxygens (including phenoxy) is 1. The van der Waals surface area contributed by atoms with Gasteiger partial charge < -0.3 is 10.1 Å². The van der Waals surface area contributed by atoms with Gasteiger partial charge in [-0.3, -0.25) is 4.79 Å². The smallest absolute Gasteiger partial charge is 0.329 e. The summed E-state index contributed by atoms with van der Waals surface area (Å²) in [5, 5.41) is 2.52. The molecule has 17 heavy (non-hydrogen) atoms. The van der Waals surface area contributed by atoms with E-state index in [1.807, 2.05) is 30.3 Å². The molecule has 0 spiro atoms. The third-order valence-electron chi connectivity index (χ3n) is 2.18. The van der Waals surface area contributed by atoms with Gasteiger partial charge in [-0.25, -0.2) is 4.79 Å². The molecule has 1 N–H and O–H groups in total. The highest BCUT2D eigenvalue weighted by Crippen LogP contribution is 2.00. The Morgan fingerprint density at radius 1 is 1.35 bits per heavy atom. The standard InChI is InChI=1S/C12H14ClNO3/c1-17-12(16)10(8-13)14-11(15)7-9-5-3-2-4-6-9/h2-6,10H,7-8H2,1H3,(H,14,15)/t10-/m0/s1. The lowest BCUT2D eigenvalue weighted by molar-refractivity contribution is -0.144. The summed E-state index contributed by atoms with van der Waals surface area (Å²) in [6.45, 7) is 0. The molecule has 1 aromatic carbocycles. The van der Waals surface area contributed by atoms with Crippen LogP contribution in [0.2, 0.25) is 0 Å². The third kappa shape index (κ3) is 4.44. The highest BCUT2D eigenvalue weighted by molar-refractivity contribution is 6.19. The molecule has 0 aromatic heterocycles. The number of carbonyl (C=O) groups excluding carboxylic acids is 2. The molecule has 0 unspecified atom stereocenters. The van der Waals surface area contributed by atoms with Crippen molar-refractivity contribution in [1.82, 2.24) is 5.32 Å². The molecule has 0 saturated heterocycles. The van der Waals surface area contributed by atoms with Crippen LogP contribution in [0.1, 0.15) is 5.56 Å². The zero-order chi connectivity index (χ0) is 12.7. The van der Waals surface area contributed by atoms with Gasteiger partial charge in [0.2, 0.25) is 5.91 Å². The van der Waals surface area contributed by atoms with E-state index in [4.69, 9.17) is 11.6 Å². The minimum Gasteiger partial charge on any atom is -0.467 e. The predicted molar refractivity (Wildman–Crippen MR) is 64.8 cm³/mol. The number of carbonyl (C=O) groups is 2. The number of esters is 1. The number of hydrogen-bond donors (Lipinski definition) is 1. The van der Waals surface area contributed by atoms with Crippen molar-refractivity contribution in [2.75, 3.05) is 13.0 Å². The van der Waals surface area contributed by atoms with Crippen molar-refractivity contribution < 1.29 is 14.3 Å². The lowest BCUT2D eigenvalue weighted by Gasteiger charge is -2.13. The Morgan fingerprint density at radius 3 is 2.53 bits per heavy atom. The van der Waals surface area contributed by atoms with E-state index in [2.05, 4.69) is 10.1 Å². The van der Waals surface area contributed by atoms with Crippen LogP contribution in [0.25, 0.3) is 0 Å². The molecule has 0 fully saturated rings. The highest BCUT2D eigenvalue weighted by Gasteiger charge is 2.20. The summed E-state index contributed by atoms with van der Waals surface area (Å²) >= 11 is 5.57. The van der Waals surface area contributed by atoms with E-state index in [-0.39, 0.29) is 18.2 Å². The van der Waals surface area contributed by atoms with Crippen molar-refractivity contribution in [1.29, 1.82) is 0 Å². The average molecular weight is 256 g/mol. The van der Waals surface area contributed by atoms with Crippen LogP contribution in [0.15, 0.2) is 30.3 Å². The van der Waals surface area contributed by atoms with Gasteiger partial charge in [-0.05, 0) is 5.56 Å². The van der Waals surface area contributed by atoms with Crippen molar-refractivity contribution in [2.24, 2.45) is 0 Å². The lowest BCUT2D eigenvalue weighted by atomic mass is 10.1. The Bertz CT molecular complexity index is 381. The van der Waals surface area contributed by atoms with Crippen LogP contribution in [0.4, 0.5) is 0 Å². The summed E-state index contributed by atoms with van der Waals surface area (Å²) in [4.78, 5) is 22.8. The van der Waals surface area contributed by atoms with Gasteiger partial charge in [-0.2, -0.15) is 0 Å². The molecule has 1 amide bonds. The normalized spacial score (nSPS) is 11.6. The average Bonchev–Trinajstić information content (AvgIpc) is 2.36. The molecule has 0 radical (unpaired) electrons. The summed E-state index contributed by atoms with van der Waals surface area (Å²) in [6, 6.07) is 8.46. The predicted octanol–water partition coefficient (Wildman–Crippen LogP) is 1.13. The van der Waals surface area contributed by atoms with Crippen molar-refractivity contribution in [3.8, 4) is 0 Å². The molecule has 1 rings (SSSR count). The quantitative estimate of drug-likeness (QED) is 0.634. The van der Waals surface area contributed by atoms with E-state index in [0.717, 1.165) is 5.56 Å². The van der Waals surface area contributed by atoms with Crippen molar-refractivity contribution in [3.63, 3.8) is 0 Å². The van der Waals surface area contributed by atoms with E-state index < -0.39 is 12.0 Å². The monoisotopic (exact) mass is 255 g/mol. The fourth-order valence-corrected chi connectivity index (χ4v) is 1.53. The molecular weight excluding hydrogens is 242 g/mol. The zero-order valence-electron chi connectivity index (χ0n) is 9.48. The zero-order valence-corrected chi connectivity index (χ0v) is 10.2. The first-order valence-electron chi connectivity index (χ1n) is 5.14. The number of methoxy groups -OCH3 is 1. The van der Waals surface area contributed by atoms with Crippen molar-refractivity contribution in [2.45, 2.75) is 12.5 Å². The summed E-state index contributed by atoms with van der Waals surface area (Å²) in [6.07, 6.45) is 0.214. The van der Waals surface area contributed by atoms with Crippen LogP contribution in [-0.4, -0.2) is 30.9 Å². The summed E-state index contributed by atoms with van der Waals surface area (Å²) < 4.78 is 4.52. The molecule has 0 aliphatic heterocycles. The third-order valence-corrected chi connectivity index (χ3v) is 2.49. The molecule has 92 valence electrons. The van der Waals surface area contributed by atoms with Crippen LogP contribution in [-0.2, 0) is 20.7 Å². The largest absolute Gasteiger partial charge is 0.467 e. The second kappa shape index (κ2) is 6.91. The Hall–Kier alpha value is -1.55. The highest BCUT2D eigenvalue weighted by atomic mass is 35.5. The van der Waals surface area contributed by atoms with Crippen LogP contribution in [0.5, 0.6) is 0 Å². The fraction of sp³-hybridized carbons (Fsp3) is 0.333. The van der Waals surface area contributed by atoms with Gasteiger partial charge in [-0.1, -0.05) is 30.3 Å². The Morgan fingerprint density at radius 2 is 2.00 bits per heavy atom. The number of halogens is 1. The maximum absolute atomic E-state index is 11.6. The van der Waals surface area contributed by atoms with Gasteiger partial charge in [0.1, 0.15) is 6.04 Å². The maximum atomic E-state index is 11.6. The van der Waals surface area contributed by atoms with Gasteiger partial charge in [0.15, 0.2) is 0 Å². The summed E-state index contributed by atoms with van der Waals surface area (Å²) in [5.41, 5.74) is 0.878. The van der Waals surface area contributed by atoms with Crippen LogP contribution >= 0.6 is 11.6 Å². The molecule has 0 saturated carbocycles. The van der Waals surface area contributed by atoms with Crippen molar-refractivity contribution >= 4 is 23.5 Å². The Labute approximate surface area is 105 Å². The first kappa shape index (κ1) is 13.5. The first-order chi connectivity index (χ1) is 8.17. The number of rotatable bonds is 5. The minimum absolute atomic E-state index is 0.00674. The van der Waals surface area contributed by atoms with Gasteiger partial charge in [-0.15, -0.1) is 11.6 Å². The number of alkyl halides is 1. The second-order valence-electron chi connectivity index (χ2n) is 3.46. The molecule has 0 aliphatic carbocycles. The molecule has 1 atom stereocenters. The van der Waals surface area contributed by atoms with Gasteiger partial charge in [0.05, 0.1) is 19.4 Å². The maximum Gasteiger partial charge on any atom is 0.329 e. The Balaban J connectivity index is 2.51. The molecule has 0 bridgehead atoms. The number of nitrogens with one attached hydrogen (secondary N) is 1. The van der Waals surface area contributed by atoms with Gasteiger partial charge in [0, 0.05) is 0 Å². The molecule has 4 nitrogen and oxygen atoms in total. The van der Waals surface area contributed by atoms with E-state index >= 15 is 0 Å². The summed E-state index contributed by atoms with van der Waals surface area (Å²) in [7, 11) is 1.26. The Kier molecular flexibility index (Phi) is 5.49. The minimum atomic E-state index is -0.794. The molecule has 1 aromatic rings. The van der Waals surface area contributed by atoms with E-state index in [0.29, 0.717) is 0 Å². The molecule has 0 aliphatic rings. The first-order valence-corrected chi connectivity index (χ1v) is 5.68. The van der Waals surface area contributed by atoms with Gasteiger partial charge in [0.25, 0.3) is 0 Å². The summed E-state index contributed by atoms with van der Waals surface area (Å²) in [5.74, 6) is -0.804. The lowest BCUT2D eigenvalue weighted by Crippen LogP contribution is -2.43. The fourth-order valence-electron chi connectivity index (χ4n) is 1.33. The van der Waals surface area contributed by atoms with Crippen molar-refractivity contribution in [3.05, 3.63) is 35.9 Å². The second-order valence-corrected chi connectivity index (χ2v) is 3.77. The molecular formula is C12H14ClNO3. The topological polar surface area (TPSA) is 55.4 Å². The van der Waals surface area contributed by atoms with E-state index in [9.17, 15) is 9.59 Å². The molecule has 0 heterocycles. The number of hydrogen-bond acceptors (Lipinski definition) is 3. The van der Waals surface area contributed by atoms with E-state index in [1.165, 1.54) is 7.11 Å².